The van der Waals surface area contributed by atoms with Crippen LogP contribution < -0.4 is 0 Å². The second kappa shape index (κ2) is 6.66. The van der Waals surface area contributed by atoms with Gasteiger partial charge in [0.25, 0.3) is 0 Å². The van der Waals surface area contributed by atoms with E-state index in [4.69, 9.17) is 0 Å². The topological polar surface area (TPSA) is 57.6 Å². The van der Waals surface area contributed by atoms with E-state index in [0.717, 1.165) is 38.8 Å². The van der Waals surface area contributed by atoms with Gasteiger partial charge in [-0.05, 0) is 49.0 Å². The maximum absolute atomic E-state index is 13.0. The van der Waals surface area contributed by atoms with Crippen LogP contribution in [0.1, 0.15) is 24.8 Å². The second-order valence-electron chi connectivity index (χ2n) is 7.80. The van der Waals surface area contributed by atoms with Crippen molar-refractivity contribution in [3.8, 4) is 0 Å². The highest BCUT2D eigenvalue weighted by Gasteiger charge is 2.52. The molecule has 1 aromatic rings. The highest BCUT2D eigenvalue weighted by Crippen LogP contribution is 2.49. The molecule has 25 heavy (non-hydrogen) atoms. The first-order valence-corrected chi connectivity index (χ1v) is 9.37. The van der Waals surface area contributed by atoms with Crippen LogP contribution in [0.5, 0.6) is 0 Å². The molecular formula is C21H25NO3. The number of benzene rings is 1. The summed E-state index contributed by atoms with van der Waals surface area (Å²) >= 11 is 0. The maximum Gasteiger partial charge on any atom is 0.307 e. The van der Waals surface area contributed by atoms with E-state index in [9.17, 15) is 14.7 Å². The third-order valence-corrected chi connectivity index (χ3v) is 6.32. The van der Waals surface area contributed by atoms with Crippen LogP contribution in [0.4, 0.5) is 0 Å². The van der Waals surface area contributed by atoms with Gasteiger partial charge in [-0.15, -0.1) is 0 Å². The number of carbonyl (C=O) groups excluding carboxylic acids is 1. The molecule has 1 amide bonds. The lowest BCUT2D eigenvalue weighted by atomic mass is 9.81. The van der Waals surface area contributed by atoms with Crippen molar-refractivity contribution in [2.45, 2.75) is 25.7 Å². The first-order chi connectivity index (χ1) is 12.1. The summed E-state index contributed by atoms with van der Waals surface area (Å²) < 4.78 is 0. The first-order valence-electron chi connectivity index (χ1n) is 9.37. The summed E-state index contributed by atoms with van der Waals surface area (Å²) in [5.74, 6) is -0.825. The minimum absolute atomic E-state index is 0.0482. The number of piperidine rings is 1. The molecule has 0 spiro atoms. The number of fused-ring (bicyclic) bond motifs is 2. The smallest absolute Gasteiger partial charge is 0.307 e. The monoisotopic (exact) mass is 339 g/mol. The molecule has 1 N–H and O–H groups in total. The molecule has 4 atom stereocenters. The predicted octanol–water partition coefficient (Wildman–Crippen LogP) is 2.99. The fourth-order valence-corrected chi connectivity index (χ4v) is 5.01. The average molecular weight is 339 g/mol. The number of carboxylic acids is 1. The molecule has 4 unspecified atom stereocenters. The molecule has 1 saturated carbocycles. The highest BCUT2D eigenvalue weighted by atomic mass is 16.4. The van der Waals surface area contributed by atoms with Crippen molar-refractivity contribution in [1.82, 2.24) is 4.90 Å². The van der Waals surface area contributed by atoms with Crippen molar-refractivity contribution in [3.05, 3.63) is 48.0 Å². The van der Waals surface area contributed by atoms with Crippen molar-refractivity contribution in [3.63, 3.8) is 0 Å². The predicted molar refractivity (Wildman–Crippen MR) is 94.8 cm³/mol. The summed E-state index contributed by atoms with van der Waals surface area (Å²) in [4.78, 5) is 26.6. The zero-order valence-corrected chi connectivity index (χ0v) is 14.4. The number of allylic oxidation sites excluding steroid dienone is 2. The van der Waals surface area contributed by atoms with E-state index in [1.165, 1.54) is 5.56 Å². The Kier molecular flexibility index (Phi) is 4.36. The number of nitrogens with zero attached hydrogens (tertiary/aromatic N) is 1. The molecule has 0 radical (unpaired) electrons. The Morgan fingerprint density at radius 3 is 2.28 bits per heavy atom. The van der Waals surface area contributed by atoms with E-state index >= 15 is 0 Å². The maximum atomic E-state index is 13.0. The van der Waals surface area contributed by atoms with E-state index in [2.05, 4.69) is 30.3 Å². The molecule has 2 fully saturated rings. The van der Waals surface area contributed by atoms with Gasteiger partial charge in [0, 0.05) is 13.1 Å². The summed E-state index contributed by atoms with van der Waals surface area (Å²) in [6.07, 6.45) is 7.98. The Bertz CT molecular complexity index is 676. The fraction of sp³-hybridized carbons (Fsp3) is 0.524. The van der Waals surface area contributed by atoms with E-state index < -0.39 is 11.9 Å². The molecule has 2 bridgehead atoms. The SMILES string of the molecule is O=C(O)C1C2C=CC(C2)C1C(=O)N1CCC(Cc2ccccc2)CC1. The Morgan fingerprint density at radius 1 is 1.00 bits per heavy atom. The van der Waals surface area contributed by atoms with E-state index in [-0.39, 0.29) is 23.7 Å². The van der Waals surface area contributed by atoms with Crippen molar-refractivity contribution in [2.75, 3.05) is 13.1 Å². The lowest BCUT2D eigenvalue weighted by Crippen LogP contribution is -2.46. The van der Waals surface area contributed by atoms with Crippen LogP contribution in [0.15, 0.2) is 42.5 Å². The van der Waals surface area contributed by atoms with Gasteiger partial charge in [-0.2, -0.15) is 0 Å². The van der Waals surface area contributed by atoms with Gasteiger partial charge in [-0.1, -0.05) is 42.5 Å². The molecule has 2 aliphatic carbocycles. The first kappa shape index (κ1) is 16.4. The van der Waals surface area contributed by atoms with Crippen LogP contribution in [0.25, 0.3) is 0 Å². The molecular weight excluding hydrogens is 314 g/mol. The third kappa shape index (κ3) is 3.10. The molecule has 4 nitrogen and oxygen atoms in total. The average Bonchev–Trinajstić information content (AvgIpc) is 3.24. The number of hydrogen-bond donors (Lipinski definition) is 1. The fourth-order valence-electron chi connectivity index (χ4n) is 5.01. The van der Waals surface area contributed by atoms with Crippen LogP contribution in [0, 0.1) is 29.6 Å². The molecule has 3 aliphatic rings. The number of hydrogen-bond acceptors (Lipinski definition) is 2. The van der Waals surface area contributed by atoms with Crippen LogP contribution >= 0.6 is 0 Å². The summed E-state index contributed by atoms with van der Waals surface area (Å²) in [5, 5.41) is 9.55. The minimum atomic E-state index is -0.811. The van der Waals surface area contributed by atoms with Gasteiger partial charge in [-0.3, -0.25) is 9.59 Å². The third-order valence-electron chi connectivity index (χ3n) is 6.32. The zero-order chi connectivity index (χ0) is 17.4. The Labute approximate surface area is 148 Å². The number of amides is 1. The standard InChI is InChI=1S/C21H25NO3/c23-20(18-16-6-7-17(13-16)19(18)21(24)25)22-10-8-15(9-11-22)12-14-4-2-1-3-5-14/h1-7,15-19H,8-13H2,(H,24,25). The Hall–Kier alpha value is -2.10. The molecule has 4 heteroatoms. The number of aliphatic carboxylic acids is 1. The molecule has 1 heterocycles. The normalized spacial score (nSPS) is 31.4. The van der Waals surface area contributed by atoms with Crippen LogP contribution in [-0.4, -0.2) is 35.0 Å². The molecule has 1 aliphatic heterocycles. The number of carbonyl (C=O) groups is 2. The van der Waals surface area contributed by atoms with Crippen molar-refractivity contribution >= 4 is 11.9 Å². The molecule has 132 valence electrons. The Morgan fingerprint density at radius 2 is 1.64 bits per heavy atom. The van der Waals surface area contributed by atoms with E-state index in [0.29, 0.717) is 5.92 Å². The molecule has 1 aromatic carbocycles. The van der Waals surface area contributed by atoms with Crippen molar-refractivity contribution < 1.29 is 14.7 Å². The van der Waals surface area contributed by atoms with Crippen LogP contribution in [0.2, 0.25) is 0 Å². The Balaban J connectivity index is 1.37. The summed E-state index contributed by atoms with van der Waals surface area (Å²) in [7, 11) is 0. The summed E-state index contributed by atoms with van der Waals surface area (Å²) in [6, 6.07) is 10.5. The lowest BCUT2D eigenvalue weighted by Gasteiger charge is -2.36. The van der Waals surface area contributed by atoms with Gasteiger partial charge in [0.2, 0.25) is 5.91 Å². The van der Waals surface area contributed by atoms with Crippen LogP contribution in [-0.2, 0) is 16.0 Å². The largest absolute Gasteiger partial charge is 0.481 e. The van der Waals surface area contributed by atoms with Gasteiger partial charge in [0.15, 0.2) is 0 Å². The number of likely N-dealkylation sites (tertiary alicyclic amines) is 1. The highest BCUT2D eigenvalue weighted by molar-refractivity contribution is 5.87. The zero-order valence-electron chi connectivity index (χ0n) is 14.4. The molecule has 0 aromatic heterocycles. The molecule has 4 rings (SSSR count). The van der Waals surface area contributed by atoms with E-state index in [1.54, 1.807) is 0 Å². The summed E-state index contributed by atoms with van der Waals surface area (Å²) in [5.41, 5.74) is 1.36. The minimum Gasteiger partial charge on any atom is -0.481 e. The lowest BCUT2D eigenvalue weighted by molar-refractivity contribution is -0.151. The number of carboxylic acid groups (broad SMARTS) is 1. The van der Waals surface area contributed by atoms with Gasteiger partial charge in [-0.25, -0.2) is 0 Å². The van der Waals surface area contributed by atoms with Gasteiger partial charge in [0.05, 0.1) is 11.8 Å². The van der Waals surface area contributed by atoms with Gasteiger partial charge < -0.3 is 10.0 Å². The number of rotatable bonds is 4. The van der Waals surface area contributed by atoms with Crippen molar-refractivity contribution in [1.29, 1.82) is 0 Å². The molecule has 1 saturated heterocycles. The van der Waals surface area contributed by atoms with Gasteiger partial charge in [0.1, 0.15) is 0 Å². The summed E-state index contributed by atoms with van der Waals surface area (Å²) in [6.45, 7) is 1.53. The van der Waals surface area contributed by atoms with Crippen LogP contribution in [0.3, 0.4) is 0 Å². The quantitative estimate of drug-likeness (QED) is 0.858. The second-order valence-corrected chi connectivity index (χ2v) is 7.80. The van der Waals surface area contributed by atoms with Gasteiger partial charge >= 0.3 is 5.97 Å². The van der Waals surface area contributed by atoms with E-state index in [1.807, 2.05) is 17.0 Å². The van der Waals surface area contributed by atoms with Crippen molar-refractivity contribution in [2.24, 2.45) is 29.6 Å².